The van der Waals surface area contributed by atoms with Crippen LogP contribution in [0.5, 0.6) is 0 Å². The largest absolute Gasteiger partial charge is 0.376 e. The van der Waals surface area contributed by atoms with E-state index in [2.05, 4.69) is 20.5 Å². The summed E-state index contributed by atoms with van der Waals surface area (Å²) in [6, 6.07) is 3.73. The van der Waals surface area contributed by atoms with Crippen molar-refractivity contribution in [3.05, 3.63) is 23.9 Å². The van der Waals surface area contributed by atoms with Crippen molar-refractivity contribution < 1.29 is 9.53 Å². The van der Waals surface area contributed by atoms with Gasteiger partial charge in [0.15, 0.2) is 0 Å². The molecule has 0 aromatic carbocycles. The molecule has 142 valence electrons. The summed E-state index contributed by atoms with van der Waals surface area (Å²) in [6.07, 6.45) is 8.93. The molecule has 26 heavy (non-hydrogen) atoms. The number of pyridine rings is 1. The zero-order valence-corrected chi connectivity index (χ0v) is 15.5. The average Bonchev–Trinajstić information content (AvgIpc) is 3.09. The van der Waals surface area contributed by atoms with Gasteiger partial charge in [-0.15, -0.1) is 0 Å². The Balaban J connectivity index is 1.35. The third kappa shape index (κ3) is 3.86. The molecule has 4 heterocycles. The number of hydrogen-bond acceptors (Lipinski definition) is 5. The van der Waals surface area contributed by atoms with Crippen molar-refractivity contribution in [1.29, 1.82) is 0 Å². The predicted molar refractivity (Wildman–Crippen MR) is 102 cm³/mol. The molecule has 2 N–H and O–H groups in total. The molecule has 3 saturated heterocycles. The van der Waals surface area contributed by atoms with E-state index in [4.69, 9.17) is 4.74 Å². The van der Waals surface area contributed by atoms with Crippen LogP contribution in [0.3, 0.4) is 0 Å². The van der Waals surface area contributed by atoms with Crippen LogP contribution in [0.25, 0.3) is 0 Å². The number of carbonyl (C=O) groups excluding carboxylic acids is 1. The second-order valence-corrected chi connectivity index (χ2v) is 8.02. The van der Waals surface area contributed by atoms with Gasteiger partial charge in [-0.3, -0.25) is 4.79 Å². The Kier molecular flexibility index (Phi) is 5.41. The van der Waals surface area contributed by atoms with Crippen molar-refractivity contribution >= 4 is 11.7 Å². The molecule has 1 atom stereocenters. The van der Waals surface area contributed by atoms with Crippen molar-refractivity contribution in [2.24, 2.45) is 5.41 Å². The first-order chi connectivity index (χ1) is 12.8. The molecular weight excluding hydrogens is 328 g/mol. The highest BCUT2D eigenvalue weighted by Gasteiger charge is 2.40. The molecule has 1 aromatic heterocycles. The van der Waals surface area contributed by atoms with Gasteiger partial charge in [0.25, 0.3) is 5.91 Å². The number of aromatic nitrogens is 1. The summed E-state index contributed by atoms with van der Waals surface area (Å²) in [6.45, 7) is 5.55. The third-order valence-corrected chi connectivity index (χ3v) is 6.13. The number of carbonyl (C=O) groups is 1. The molecule has 3 fully saturated rings. The highest BCUT2D eigenvalue weighted by molar-refractivity contribution is 5.98. The minimum Gasteiger partial charge on any atom is -0.376 e. The molecule has 1 unspecified atom stereocenters. The Morgan fingerprint density at radius 2 is 2.12 bits per heavy atom. The first kappa shape index (κ1) is 17.7. The standard InChI is InChI=1S/C20H30N4O2/c25-19(17-5-4-8-22-18(17)24-11-2-1-3-12-24)23-14-16-13-20(15-26-16)6-9-21-10-7-20/h4-5,8,16,21H,1-3,6-7,9-15H2,(H,23,25). The Morgan fingerprint density at radius 1 is 1.31 bits per heavy atom. The van der Waals surface area contributed by atoms with Crippen LogP contribution in [-0.4, -0.2) is 56.3 Å². The molecule has 0 radical (unpaired) electrons. The van der Waals surface area contributed by atoms with Gasteiger partial charge < -0.3 is 20.3 Å². The van der Waals surface area contributed by atoms with E-state index in [9.17, 15) is 4.79 Å². The van der Waals surface area contributed by atoms with E-state index in [1.54, 1.807) is 6.20 Å². The maximum atomic E-state index is 12.8. The van der Waals surface area contributed by atoms with Crippen LogP contribution in [-0.2, 0) is 4.74 Å². The minimum absolute atomic E-state index is 0.0338. The lowest BCUT2D eigenvalue weighted by atomic mass is 9.77. The average molecular weight is 358 g/mol. The number of piperidine rings is 2. The van der Waals surface area contributed by atoms with Crippen LogP contribution >= 0.6 is 0 Å². The number of hydrogen-bond donors (Lipinski definition) is 2. The maximum absolute atomic E-state index is 12.8. The number of nitrogens with one attached hydrogen (secondary N) is 2. The topological polar surface area (TPSA) is 66.5 Å². The molecule has 1 spiro atoms. The van der Waals surface area contributed by atoms with Crippen LogP contribution in [0.1, 0.15) is 48.9 Å². The zero-order chi connectivity index (χ0) is 17.8. The minimum atomic E-state index is -0.0338. The van der Waals surface area contributed by atoms with Crippen molar-refractivity contribution in [3.8, 4) is 0 Å². The quantitative estimate of drug-likeness (QED) is 0.861. The van der Waals surface area contributed by atoms with Crippen molar-refractivity contribution in [2.45, 2.75) is 44.6 Å². The molecule has 0 bridgehead atoms. The predicted octanol–water partition coefficient (Wildman–Crippen LogP) is 1.96. The van der Waals surface area contributed by atoms with E-state index in [-0.39, 0.29) is 12.0 Å². The van der Waals surface area contributed by atoms with Crippen molar-refractivity contribution in [2.75, 3.05) is 44.2 Å². The van der Waals surface area contributed by atoms with E-state index < -0.39 is 0 Å². The van der Waals surface area contributed by atoms with E-state index in [1.807, 2.05) is 12.1 Å². The number of nitrogens with zero attached hydrogens (tertiary/aromatic N) is 2. The van der Waals surface area contributed by atoms with Crippen LogP contribution in [0.2, 0.25) is 0 Å². The third-order valence-electron chi connectivity index (χ3n) is 6.13. The van der Waals surface area contributed by atoms with Crippen LogP contribution < -0.4 is 15.5 Å². The SMILES string of the molecule is O=C(NCC1CC2(CCNCC2)CO1)c1cccnc1N1CCCCC1. The lowest BCUT2D eigenvalue weighted by Crippen LogP contribution is -2.38. The summed E-state index contributed by atoms with van der Waals surface area (Å²) in [5, 5.41) is 6.52. The Morgan fingerprint density at radius 3 is 2.92 bits per heavy atom. The molecule has 1 aromatic rings. The summed E-state index contributed by atoms with van der Waals surface area (Å²) in [4.78, 5) is 19.5. The van der Waals surface area contributed by atoms with Gasteiger partial charge in [-0.2, -0.15) is 0 Å². The number of ether oxygens (including phenoxy) is 1. The number of rotatable bonds is 4. The molecule has 4 rings (SSSR count). The van der Waals surface area contributed by atoms with Gasteiger partial charge in [-0.05, 0) is 69.2 Å². The molecule has 3 aliphatic rings. The van der Waals surface area contributed by atoms with Gasteiger partial charge in [0.05, 0.1) is 18.3 Å². The summed E-state index contributed by atoms with van der Waals surface area (Å²) in [7, 11) is 0. The zero-order valence-electron chi connectivity index (χ0n) is 15.5. The van der Waals surface area contributed by atoms with Gasteiger partial charge in [-0.1, -0.05) is 0 Å². The molecule has 6 nitrogen and oxygen atoms in total. The highest BCUT2D eigenvalue weighted by atomic mass is 16.5. The van der Waals surface area contributed by atoms with E-state index in [0.717, 1.165) is 45.0 Å². The van der Waals surface area contributed by atoms with Crippen LogP contribution in [0, 0.1) is 5.41 Å². The normalized spacial score (nSPS) is 25.4. The second-order valence-electron chi connectivity index (χ2n) is 8.02. The lowest BCUT2D eigenvalue weighted by molar-refractivity contribution is 0.0781. The first-order valence-corrected chi connectivity index (χ1v) is 10.1. The molecule has 1 amide bonds. The Hall–Kier alpha value is -1.66. The van der Waals surface area contributed by atoms with E-state index in [0.29, 0.717) is 17.5 Å². The van der Waals surface area contributed by atoms with Crippen molar-refractivity contribution in [1.82, 2.24) is 15.6 Å². The molecular formula is C20H30N4O2. The summed E-state index contributed by atoms with van der Waals surface area (Å²) >= 11 is 0. The number of anilines is 1. The van der Waals surface area contributed by atoms with Gasteiger partial charge in [0, 0.05) is 25.8 Å². The summed E-state index contributed by atoms with van der Waals surface area (Å²) in [5.74, 6) is 0.792. The monoisotopic (exact) mass is 358 g/mol. The lowest BCUT2D eigenvalue weighted by Gasteiger charge is -2.32. The van der Waals surface area contributed by atoms with Crippen LogP contribution in [0.15, 0.2) is 18.3 Å². The summed E-state index contributed by atoms with van der Waals surface area (Å²) < 4.78 is 6.01. The fourth-order valence-electron chi connectivity index (χ4n) is 4.57. The van der Waals surface area contributed by atoms with Gasteiger partial charge in [0.2, 0.25) is 0 Å². The molecule has 0 aliphatic carbocycles. The molecule has 3 aliphatic heterocycles. The van der Waals surface area contributed by atoms with Crippen LogP contribution in [0.4, 0.5) is 5.82 Å². The fourth-order valence-corrected chi connectivity index (χ4v) is 4.57. The fraction of sp³-hybridized carbons (Fsp3) is 0.700. The highest BCUT2D eigenvalue weighted by Crippen LogP contribution is 2.40. The van der Waals surface area contributed by atoms with Gasteiger partial charge in [0.1, 0.15) is 5.82 Å². The second kappa shape index (κ2) is 7.92. The maximum Gasteiger partial charge on any atom is 0.255 e. The Bertz CT molecular complexity index is 624. The Labute approximate surface area is 155 Å². The van der Waals surface area contributed by atoms with Gasteiger partial charge in [-0.25, -0.2) is 4.98 Å². The van der Waals surface area contributed by atoms with E-state index >= 15 is 0 Å². The van der Waals surface area contributed by atoms with Gasteiger partial charge >= 0.3 is 0 Å². The first-order valence-electron chi connectivity index (χ1n) is 10.1. The molecule has 0 saturated carbocycles. The number of amides is 1. The molecule has 6 heteroatoms. The van der Waals surface area contributed by atoms with E-state index in [1.165, 1.54) is 32.1 Å². The van der Waals surface area contributed by atoms with Crippen molar-refractivity contribution in [3.63, 3.8) is 0 Å². The summed E-state index contributed by atoms with van der Waals surface area (Å²) in [5.41, 5.74) is 1.01. The smallest absolute Gasteiger partial charge is 0.255 e.